The van der Waals surface area contributed by atoms with E-state index in [0.29, 0.717) is 0 Å². The molecule has 92 valence electrons. The molecule has 5 heteroatoms. The fraction of sp³-hybridized carbons (Fsp3) is 0.333. The molecule has 1 aromatic carbocycles. The zero-order valence-corrected chi connectivity index (χ0v) is 10.0. The minimum absolute atomic E-state index is 0.0119. The van der Waals surface area contributed by atoms with E-state index >= 15 is 0 Å². The number of nitrogens with one attached hydrogen (secondary N) is 2. The minimum atomic E-state index is 0.0119. The van der Waals surface area contributed by atoms with Crippen molar-refractivity contribution >= 4 is 0 Å². The second-order valence-corrected chi connectivity index (χ2v) is 3.89. The summed E-state index contributed by atoms with van der Waals surface area (Å²) in [6.07, 6.45) is 0. The number of hydrogen-bond donors (Lipinski definition) is 3. The molecule has 0 saturated carbocycles. The lowest BCUT2D eigenvalue weighted by Gasteiger charge is -2.19. The maximum atomic E-state index is 9.09. The number of aliphatic hydroxyl groups is 1. The third kappa shape index (κ3) is 2.51. The Morgan fingerprint density at radius 2 is 2.00 bits per heavy atom. The molecule has 1 aromatic rings. The molecule has 1 aliphatic heterocycles. The summed E-state index contributed by atoms with van der Waals surface area (Å²) in [5.41, 5.74) is 8.90. The average Bonchev–Trinajstić information content (AvgIpc) is 2.71. The summed E-state index contributed by atoms with van der Waals surface area (Å²) < 4.78 is 5.11. The molecule has 0 unspecified atom stereocenters. The molecule has 0 aromatic heterocycles. The van der Waals surface area contributed by atoms with E-state index in [1.54, 1.807) is 7.11 Å². The van der Waals surface area contributed by atoms with Gasteiger partial charge in [-0.25, -0.2) is 0 Å². The van der Waals surface area contributed by atoms with Gasteiger partial charge in [-0.3, -0.25) is 5.01 Å². The molecular weight excluding hydrogens is 218 g/mol. The molecule has 1 heterocycles. The van der Waals surface area contributed by atoms with E-state index in [0.717, 1.165) is 23.7 Å². The smallest absolute Gasteiger partial charge is 0.118 e. The van der Waals surface area contributed by atoms with Gasteiger partial charge in [0, 0.05) is 0 Å². The van der Waals surface area contributed by atoms with Gasteiger partial charge in [-0.2, -0.15) is 0 Å². The van der Waals surface area contributed by atoms with Gasteiger partial charge in [0.2, 0.25) is 0 Å². The predicted octanol–water partition coefficient (Wildman–Crippen LogP) is 0.744. The molecule has 0 amide bonds. The SMILES string of the molecule is COc1ccc(CN2NNC(CO)=C2C)cc1. The summed E-state index contributed by atoms with van der Waals surface area (Å²) in [5, 5.41) is 11.0. The highest BCUT2D eigenvalue weighted by molar-refractivity contribution is 5.27. The van der Waals surface area contributed by atoms with Crippen LogP contribution < -0.4 is 15.7 Å². The number of nitrogens with zero attached hydrogens (tertiary/aromatic N) is 1. The van der Waals surface area contributed by atoms with Crippen molar-refractivity contribution in [1.82, 2.24) is 16.0 Å². The Morgan fingerprint density at radius 1 is 1.29 bits per heavy atom. The van der Waals surface area contributed by atoms with E-state index in [2.05, 4.69) is 11.0 Å². The minimum Gasteiger partial charge on any atom is -0.497 e. The highest BCUT2D eigenvalue weighted by atomic mass is 16.5. The van der Waals surface area contributed by atoms with E-state index in [4.69, 9.17) is 9.84 Å². The largest absolute Gasteiger partial charge is 0.497 e. The van der Waals surface area contributed by atoms with Crippen molar-refractivity contribution in [1.29, 1.82) is 0 Å². The molecule has 0 spiro atoms. The lowest BCUT2D eigenvalue weighted by molar-refractivity contribution is 0.240. The van der Waals surface area contributed by atoms with Crippen molar-refractivity contribution in [2.75, 3.05) is 13.7 Å². The summed E-state index contributed by atoms with van der Waals surface area (Å²) in [7, 11) is 1.65. The Balaban J connectivity index is 2.04. The van der Waals surface area contributed by atoms with Gasteiger partial charge in [0.15, 0.2) is 0 Å². The van der Waals surface area contributed by atoms with E-state index in [-0.39, 0.29) is 6.61 Å². The van der Waals surface area contributed by atoms with Crippen molar-refractivity contribution in [3.05, 3.63) is 41.2 Å². The van der Waals surface area contributed by atoms with Crippen LogP contribution in [0.15, 0.2) is 35.7 Å². The molecule has 5 nitrogen and oxygen atoms in total. The monoisotopic (exact) mass is 235 g/mol. The highest BCUT2D eigenvalue weighted by Crippen LogP contribution is 2.16. The number of rotatable bonds is 4. The number of benzene rings is 1. The third-order valence-corrected chi connectivity index (χ3v) is 2.84. The quantitative estimate of drug-likeness (QED) is 0.719. The number of hydrogen-bond acceptors (Lipinski definition) is 5. The van der Waals surface area contributed by atoms with Crippen molar-refractivity contribution in [3.8, 4) is 5.75 Å². The van der Waals surface area contributed by atoms with Gasteiger partial charge < -0.3 is 15.3 Å². The van der Waals surface area contributed by atoms with Crippen LogP contribution in [0, 0.1) is 0 Å². The first kappa shape index (κ1) is 11.8. The summed E-state index contributed by atoms with van der Waals surface area (Å²) in [6, 6.07) is 7.91. The topological polar surface area (TPSA) is 56.8 Å². The Morgan fingerprint density at radius 3 is 2.53 bits per heavy atom. The Hall–Kier alpha value is -1.72. The van der Waals surface area contributed by atoms with Gasteiger partial charge in [0.1, 0.15) is 5.75 Å². The number of allylic oxidation sites excluding steroid dienone is 1. The molecule has 17 heavy (non-hydrogen) atoms. The summed E-state index contributed by atoms with van der Waals surface area (Å²) in [5.74, 6) is 0.851. The highest BCUT2D eigenvalue weighted by Gasteiger charge is 2.17. The van der Waals surface area contributed by atoms with Crippen molar-refractivity contribution < 1.29 is 9.84 Å². The average molecular weight is 235 g/mol. The van der Waals surface area contributed by atoms with Crippen LogP contribution >= 0.6 is 0 Å². The van der Waals surface area contributed by atoms with Crippen LogP contribution in [0.3, 0.4) is 0 Å². The normalized spacial score (nSPS) is 15.1. The van der Waals surface area contributed by atoms with Crippen molar-refractivity contribution in [3.63, 3.8) is 0 Å². The molecule has 0 fully saturated rings. The zero-order chi connectivity index (χ0) is 12.3. The van der Waals surface area contributed by atoms with Gasteiger partial charge in [-0.1, -0.05) is 12.1 Å². The van der Waals surface area contributed by atoms with E-state index in [1.807, 2.05) is 36.2 Å². The molecule has 3 N–H and O–H groups in total. The van der Waals surface area contributed by atoms with E-state index in [1.165, 1.54) is 5.56 Å². The molecular formula is C12H17N3O2. The second-order valence-electron chi connectivity index (χ2n) is 3.89. The van der Waals surface area contributed by atoms with Crippen LogP contribution in [0.4, 0.5) is 0 Å². The third-order valence-electron chi connectivity index (χ3n) is 2.84. The standard InChI is InChI=1S/C12H17N3O2/c1-9-12(8-16)13-14-15(9)7-10-3-5-11(17-2)6-4-10/h3-6,13-14,16H,7-8H2,1-2H3. The Bertz CT molecular complexity index is 414. The van der Waals surface area contributed by atoms with Gasteiger partial charge in [-0.15, -0.1) is 5.53 Å². The van der Waals surface area contributed by atoms with Gasteiger partial charge in [0.25, 0.3) is 0 Å². The zero-order valence-electron chi connectivity index (χ0n) is 10.0. The maximum absolute atomic E-state index is 9.09. The van der Waals surface area contributed by atoms with E-state index < -0.39 is 0 Å². The van der Waals surface area contributed by atoms with Gasteiger partial charge >= 0.3 is 0 Å². The van der Waals surface area contributed by atoms with Gasteiger partial charge in [-0.05, 0) is 24.6 Å². The molecule has 0 aliphatic carbocycles. The number of methoxy groups -OCH3 is 1. The Labute approximate surface area is 101 Å². The maximum Gasteiger partial charge on any atom is 0.118 e. The summed E-state index contributed by atoms with van der Waals surface area (Å²) in [6.45, 7) is 2.70. The Kier molecular flexibility index (Phi) is 3.51. The number of aliphatic hydroxyl groups excluding tert-OH is 1. The van der Waals surface area contributed by atoms with E-state index in [9.17, 15) is 0 Å². The fourth-order valence-electron chi connectivity index (χ4n) is 1.70. The first-order chi connectivity index (χ1) is 8.24. The van der Waals surface area contributed by atoms with Crippen molar-refractivity contribution in [2.45, 2.75) is 13.5 Å². The second kappa shape index (κ2) is 5.07. The fourth-order valence-corrected chi connectivity index (χ4v) is 1.70. The van der Waals surface area contributed by atoms with Crippen molar-refractivity contribution in [2.24, 2.45) is 0 Å². The lowest BCUT2D eigenvalue weighted by atomic mass is 10.2. The number of hydrazine groups is 2. The number of ether oxygens (including phenoxy) is 1. The molecule has 1 aliphatic rings. The molecule has 0 radical (unpaired) electrons. The van der Waals surface area contributed by atoms with Crippen LogP contribution in [-0.4, -0.2) is 23.8 Å². The first-order valence-electron chi connectivity index (χ1n) is 5.47. The summed E-state index contributed by atoms with van der Waals surface area (Å²) in [4.78, 5) is 0. The van der Waals surface area contributed by atoms with Crippen LogP contribution in [0.5, 0.6) is 5.75 Å². The van der Waals surface area contributed by atoms with Crippen LogP contribution in [0.1, 0.15) is 12.5 Å². The lowest BCUT2D eigenvalue weighted by Crippen LogP contribution is -2.37. The molecule has 0 saturated heterocycles. The first-order valence-corrected chi connectivity index (χ1v) is 5.47. The van der Waals surface area contributed by atoms with Gasteiger partial charge in [0.05, 0.1) is 31.7 Å². The van der Waals surface area contributed by atoms with Crippen LogP contribution in [0.2, 0.25) is 0 Å². The van der Waals surface area contributed by atoms with Crippen LogP contribution in [0.25, 0.3) is 0 Å². The summed E-state index contributed by atoms with van der Waals surface area (Å²) >= 11 is 0. The molecule has 0 bridgehead atoms. The predicted molar refractivity (Wildman–Crippen MR) is 64.6 cm³/mol. The van der Waals surface area contributed by atoms with Crippen LogP contribution in [-0.2, 0) is 6.54 Å². The molecule has 2 rings (SSSR count). The molecule has 0 atom stereocenters.